The van der Waals surface area contributed by atoms with E-state index < -0.39 is 0 Å². The maximum atomic E-state index is 5.61. The van der Waals surface area contributed by atoms with Gasteiger partial charge in [0, 0.05) is 5.92 Å². The van der Waals surface area contributed by atoms with Crippen LogP contribution in [-0.2, 0) is 6.42 Å². The van der Waals surface area contributed by atoms with Crippen LogP contribution >= 0.6 is 0 Å². The average molecular weight is 256 g/mol. The molecule has 0 saturated carbocycles. The van der Waals surface area contributed by atoms with Gasteiger partial charge in [0.05, 0.1) is 7.11 Å². The van der Waals surface area contributed by atoms with Crippen molar-refractivity contribution >= 4 is 0 Å². The molecule has 0 aliphatic carbocycles. The van der Waals surface area contributed by atoms with Gasteiger partial charge in [0.15, 0.2) is 0 Å². The van der Waals surface area contributed by atoms with Crippen molar-refractivity contribution in [1.82, 2.24) is 0 Å². The molecule has 0 amide bonds. The van der Waals surface area contributed by atoms with E-state index in [0.29, 0.717) is 5.92 Å². The van der Waals surface area contributed by atoms with Crippen molar-refractivity contribution < 1.29 is 4.74 Å². The minimum Gasteiger partial charge on any atom is -0.497 e. The van der Waals surface area contributed by atoms with Gasteiger partial charge in [0.2, 0.25) is 0 Å². The second-order valence-corrected chi connectivity index (χ2v) is 5.11. The fraction of sp³-hybridized carbons (Fsp3) is 0.444. The summed E-state index contributed by atoms with van der Waals surface area (Å²) < 4.78 is 5.15. The molecule has 0 aromatic heterocycles. The van der Waals surface area contributed by atoms with Crippen LogP contribution in [0.2, 0.25) is 0 Å². The van der Waals surface area contributed by atoms with E-state index in [2.05, 4.69) is 38.0 Å². The van der Waals surface area contributed by atoms with Crippen LogP contribution < -0.4 is 4.74 Å². The number of ether oxygens (including phenoxy) is 1. The summed E-state index contributed by atoms with van der Waals surface area (Å²) >= 11 is 0. The fourth-order valence-corrected chi connectivity index (χ4v) is 2.02. The standard InChI is InChI=1S/C18H24O/c1-5-16(8-6-7-15(2)3)9-10-17-11-13-18(19-4)14-12-17/h1,7,11-14,16H,6,8-10H2,2-4H3. The molecule has 0 aliphatic heterocycles. The Morgan fingerprint density at radius 3 is 2.47 bits per heavy atom. The second-order valence-electron chi connectivity index (χ2n) is 5.11. The van der Waals surface area contributed by atoms with Crippen LogP contribution in [0.3, 0.4) is 0 Å². The molecule has 1 atom stereocenters. The first kappa shape index (κ1) is 15.4. The highest BCUT2D eigenvalue weighted by atomic mass is 16.5. The minimum absolute atomic E-state index is 0.373. The van der Waals surface area contributed by atoms with Crippen LogP contribution in [0.15, 0.2) is 35.9 Å². The summed E-state index contributed by atoms with van der Waals surface area (Å²) in [6, 6.07) is 8.23. The number of rotatable bonds is 7. The summed E-state index contributed by atoms with van der Waals surface area (Å²) in [5.41, 5.74) is 2.69. The van der Waals surface area contributed by atoms with E-state index in [9.17, 15) is 0 Å². The zero-order chi connectivity index (χ0) is 14.1. The van der Waals surface area contributed by atoms with Crippen molar-refractivity contribution in [2.45, 2.75) is 39.5 Å². The van der Waals surface area contributed by atoms with Gasteiger partial charge in [-0.2, -0.15) is 0 Å². The van der Waals surface area contributed by atoms with Crippen molar-refractivity contribution in [2.24, 2.45) is 5.92 Å². The minimum atomic E-state index is 0.373. The highest BCUT2D eigenvalue weighted by Crippen LogP contribution is 2.17. The quantitative estimate of drug-likeness (QED) is 0.511. The lowest BCUT2D eigenvalue weighted by Gasteiger charge is -2.10. The third-order valence-electron chi connectivity index (χ3n) is 3.24. The zero-order valence-electron chi connectivity index (χ0n) is 12.3. The van der Waals surface area contributed by atoms with E-state index in [1.807, 2.05) is 12.1 Å². The van der Waals surface area contributed by atoms with Gasteiger partial charge >= 0.3 is 0 Å². The number of methoxy groups -OCH3 is 1. The third kappa shape index (κ3) is 6.15. The maximum Gasteiger partial charge on any atom is 0.118 e. The van der Waals surface area contributed by atoms with Crippen LogP contribution in [0.1, 0.15) is 38.7 Å². The topological polar surface area (TPSA) is 9.23 Å². The van der Waals surface area contributed by atoms with Gasteiger partial charge in [-0.3, -0.25) is 0 Å². The van der Waals surface area contributed by atoms with Crippen LogP contribution in [0, 0.1) is 18.3 Å². The predicted molar refractivity (Wildman–Crippen MR) is 82.3 cm³/mol. The summed E-state index contributed by atoms with van der Waals surface area (Å²) in [4.78, 5) is 0. The monoisotopic (exact) mass is 256 g/mol. The predicted octanol–water partition coefficient (Wildman–Crippen LogP) is 4.62. The van der Waals surface area contributed by atoms with Crippen molar-refractivity contribution in [3.8, 4) is 18.1 Å². The average Bonchev–Trinajstić information content (AvgIpc) is 2.42. The lowest BCUT2D eigenvalue weighted by molar-refractivity contribution is 0.414. The van der Waals surface area contributed by atoms with E-state index in [4.69, 9.17) is 11.2 Å². The number of hydrogen-bond acceptors (Lipinski definition) is 1. The Kier molecular flexibility index (Phi) is 6.82. The largest absolute Gasteiger partial charge is 0.497 e. The summed E-state index contributed by atoms with van der Waals surface area (Å²) in [6.45, 7) is 4.25. The first-order valence-electron chi connectivity index (χ1n) is 6.88. The van der Waals surface area contributed by atoms with Crippen LogP contribution in [-0.4, -0.2) is 7.11 Å². The molecule has 0 fully saturated rings. The molecular weight excluding hydrogens is 232 g/mol. The fourth-order valence-electron chi connectivity index (χ4n) is 2.02. The maximum absolute atomic E-state index is 5.61. The van der Waals surface area contributed by atoms with Gasteiger partial charge in [-0.1, -0.05) is 23.8 Å². The molecule has 1 unspecified atom stereocenters. The van der Waals surface area contributed by atoms with E-state index in [0.717, 1.165) is 31.4 Å². The van der Waals surface area contributed by atoms with Crippen LogP contribution in [0.4, 0.5) is 0 Å². The first-order chi connectivity index (χ1) is 9.15. The van der Waals surface area contributed by atoms with Crippen molar-refractivity contribution in [3.63, 3.8) is 0 Å². The number of allylic oxidation sites excluding steroid dienone is 2. The molecule has 1 aromatic rings. The Morgan fingerprint density at radius 2 is 1.95 bits per heavy atom. The van der Waals surface area contributed by atoms with E-state index in [1.54, 1.807) is 7.11 Å². The molecule has 1 rings (SSSR count). The van der Waals surface area contributed by atoms with Gasteiger partial charge in [-0.25, -0.2) is 0 Å². The molecule has 0 saturated heterocycles. The summed E-state index contributed by atoms with van der Waals surface area (Å²) in [7, 11) is 1.69. The molecule has 19 heavy (non-hydrogen) atoms. The number of hydrogen-bond donors (Lipinski definition) is 0. The van der Waals surface area contributed by atoms with Gasteiger partial charge in [0.25, 0.3) is 0 Å². The molecular formula is C18H24O. The first-order valence-corrected chi connectivity index (χ1v) is 6.88. The zero-order valence-corrected chi connectivity index (χ0v) is 12.3. The molecule has 0 heterocycles. The lowest BCUT2D eigenvalue weighted by atomic mass is 9.95. The second kappa shape index (κ2) is 8.43. The van der Waals surface area contributed by atoms with Crippen molar-refractivity contribution in [2.75, 3.05) is 7.11 Å². The number of aryl methyl sites for hydroxylation is 1. The lowest BCUT2D eigenvalue weighted by Crippen LogP contribution is -1.99. The smallest absolute Gasteiger partial charge is 0.118 e. The molecule has 1 nitrogen and oxygen atoms in total. The summed E-state index contributed by atoms with van der Waals surface area (Å²) in [5.74, 6) is 4.19. The number of benzene rings is 1. The molecule has 0 radical (unpaired) electrons. The normalized spacial score (nSPS) is 11.5. The highest BCUT2D eigenvalue weighted by Gasteiger charge is 2.05. The molecule has 1 heteroatoms. The Labute approximate surface area is 117 Å². The van der Waals surface area contributed by atoms with E-state index in [1.165, 1.54) is 11.1 Å². The highest BCUT2D eigenvalue weighted by molar-refractivity contribution is 5.27. The molecule has 0 aliphatic rings. The molecule has 102 valence electrons. The molecule has 0 bridgehead atoms. The van der Waals surface area contributed by atoms with Crippen LogP contribution in [0.25, 0.3) is 0 Å². The van der Waals surface area contributed by atoms with Gasteiger partial charge in [-0.05, 0) is 57.2 Å². The Bertz CT molecular complexity index is 430. The van der Waals surface area contributed by atoms with Gasteiger partial charge < -0.3 is 4.74 Å². The van der Waals surface area contributed by atoms with E-state index in [-0.39, 0.29) is 0 Å². The summed E-state index contributed by atoms with van der Waals surface area (Å²) in [5, 5.41) is 0. The Balaban J connectivity index is 2.40. The van der Waals surface area contributed by atoms with Crippen molar-refractivity contribution in [3.05, 3.63) is 41.5 Å². The third-order valence-corrected chi connectivity index (χ3v) is 3.24. The van der Waals surface area contributed by atoms with Crippen molar-refractivity contribution in [1.29, 1.82) is 0 Å². The van der Waals surface area contributed by atoms with Gasteiger partial charge in [-0.15, -0.1) is 12.3 Å². The Hall–Kier alpha value is -1.68. The molecule has 1 aromatic carbocycles. The molecule has 0 N–H and O–H groups in total. The summed E-state index contributed by atoms with van der Waals surface area (Å²) in [6.07, 6.45) is 12.1. The Morgan fingerprint density at radius 1 is 1.26 bits per heavy atom. The molecule has 0 spiro atoms. The van der Waals surface area contributed by atoms with E-state index >= 15 is 0 Å². The van der Waals surface area contributed by atoms with Crippen LogP contribution in [0.5, 0.6) is 5.75 Å². The number of terminal acetylenes is 1. The van der Waals surface area contributed by atoms with Gasteiger partial charge in [0.1, 0.15) is 5.75 Å². The SMILES string of the molecule is C#CC(CCC=C(C)C)CCc1ccc(OC)cc1.